The van der Waals surface area contributed by atoms with E-state index in [0.29, 0.717) is 11.3 Å². The number of phenolic OH excluding ortho intramolecular Hbond substituents is 1. The van der Waals surface area contributed by atoms with Gasteiger partial charge >= 0.3 is 0 Å². The van der Waals surface area contributed by atoms with Gasteiger partial charge in [-0.05, 0) is 57.8 Å². The molecule has 2 atom stereocenters. The first kappa shape index (κ1) is 31.9. The summed E-state index contributed by atoms with van der Waals surface area (Å²) in [4.78, 5) is 10.0. The maximum Gasteiger partial charge on any atom is 0.191 e. The van der Waals surface area contributed by atoms with Crippen LogP contribution >= 0.6 is 0 Å². The Kier molecular flexibility index (Phi) is 9.04. The van der Waals surface area contributed by atoms with Crippen LogP contribution in [0.2, 0.25) is 0 Å². The standard InChI is InChI=1S/C36H53N2O2/c1-33(2,3)25-17-23(31(39)27(19-25)35(7,8)9)21-37-29-15-13-14-16-30(29)38-22-24-18-26(34(4,5)6)20-28(32(24)40)36(10,11)12/h17-22,29-30,39H,13-16H2,1-12H3. The van der Waals surface area contributed by atoms with Crippen molar-refractivity contribution in [1.29, 1.82) is 0 Å². The van der Waals surface area contributed by atoms with Crippen molar-refractivity contribution in [2.75, 3.05) is 0 Å². The Morgan fingerprint density at radius 1 is 0.625 bits per heavy atom. The summed E-state index contributed by atoms with van der Waals surface area (Å²) in [5.74, 6) is 0.378. The van der Waals surface area contributed by atoms with Crippen LogP contribution in [0.5, 0.6) is 11.5 Å². The van der Waals surface area contributed by atoms with Crippen molar-refractivity contribution < 1.29 is 10.2 Å². The Morgan fingerprint density at radius 3 is 1.45 bits per heavy atom. The van der Waals surface area contributed by atoms with Crippen LogP contribution in [0.4, 0.5) is 0 Å². The van der Waals surface area contributed by atoms with Gasteiger partial charge in [-0.1, -0.05) is 108 Å². The van der Waals surface area contributed by atoms with Gasteiger partial charge in [0.2, 0.25) is 0 Å². The summed E-state index contributed by atoms with van der Waals surface area (Å²) in [6.07, 6.45) is 7.77. The summed E-state index contributed by atoms with van der Waals surface area (Å²) in [5, 5.41) is 24.7. The van der Waals surface area contributed by atoms with E-state index >= 15 is 0 Å². The molecule has 40 heavy (non-hydrogen) atoms. The number of benzene rings is 2. The van der Waals surface area contributed by atoms with E-state index in [1.807, 2.05) is 12.3 Å². The number of rotatable bonds is 4. The number of hydrogen-bond acceptors (Lipinski definition) is 3. The second kappa shape index (κ2) is 11.3. The van der Waals surface area contributed by atoms with Crippen LogP contribution in [-0.4, -0.2) is 29.6 Å². The summed E-state index contributed by atoms with van der Waals surface area (Å²) in [5.41, 5.74) is 5.01. The number of aromatic hydroxyl groups is 1. The Morgan fingerprint density at radius 2 is 1.02 bits per heavy atom. The maximum absolute atomic E-state index is 13.5. The molecule has 0 aromatic heterocycles. The Bertz CT molecular complexity index is 1160. The minimum Gasteiger partial charge on any atom is -0.507 e. The number of phenols is 1. The molecular weight excluding hydrogens is 492 g/mol. The average Bonchev–Trinajstić information content (AvgIpc) is 2.80. The van der Waals surface area contributed by atoms with Crippen LogP contribution < -0.4 is 0 Å². The van der Waals surface area contributed by atoms with E-state index in [1.54, 1.807) is 6.21 Å². The van der Waals surface area contributed by atoms with Crippen LogP contribution in [0.3, 0.4) is 0 Å². The lowest BCUT2D eigenvalue weighted by Gasteiger charge is -2.28. The van der Waals surface area contributed by atoms with Crippen LogP contribution in [0.1, 0.15) is 142 Å². The van der Waals surface area contributed by atoms with Crippen LogP contribution in [0.15, 0.2) is 34.3 Å². The van der Waals surface area contributed by atoms with Crippen molar-refractivity contribution in [3.63, 3.8) is 0 Å². The fourth-order valence-electron chi connectivity index (χ4n) is 5.29. The van der Waals surface area contributed by atoms with Crippen molar-refractivity contribution in [3.05, 3.63) is 57.6 Å². The van der Waals surface area contributed by atoms with Gasteiger partial charge in [0.1, 0.15) is 5.75 Å². The molecule has 1 N–H and O–H groups in total. The summed E-state index contributed by atoms with van der Waals surface area (Å²) < 4.78 is 0. The van der Waals surface area contributed by atoms with E-state index in [4.69, 9.17) is 9.98 Å². The van der Waals surface area contributed by atoms with Gasteiger partial charge in [-0.25, -0.2) is 0 Å². The van der Waals surface area contributed by atoms with E-state index in [2.05, 4.69) is 101 Å². The van der Waals surface area contributed by atoms with E-state index < -0.39 is 0 Å². The number of nitrogens with zero attached hydrogens (tertiary/aromatic N) is 2. The summed E-state index contributed by atoms with van der Waals surface area (Å²) in [6, 6.07) is 8.34. The first-order valence-corrected chi connectivity index (χ1v) is 15.0. The van der Waals surface area contributed by atoms with Crippen LogP contribution in [0.25, 0.3) is 0 Å². The Labute approximate surface area is 244 Å². The third-order valence-corrected chi connectivity index (χ3v) is 8.11. The molecule has 2 unspecified atom stereocenters. The summed E-state index contributed by atoms with van der Waals surface area (Å²) in [7, 11) is 0. The van der Waals surface area contributed by atoms with Crippen molar-refractivity contribution >= 4 is 12.4 Å². The largest absolute Gasteiger partial charge is 0.507 e. The average molecular weight is 546 g/mol. The molecular formula is C36H53N2O2. The third kappa shape index (κ3) is 7.56. The van der Waals surface area contributed by atoms with Crippen LogP contribution in [-0.2, 0) is 26.8 Å². The highest BCUT2D eigenvalue weighted by molar-refractivity contribution is 5.86. The molecule has 0 heterocycles. The van der Waals surface area contributed by atoms with Gasteiger partial charge in [-0.15, -0.1) is 0 Å². The molecule has 4 nitrogen and oxygen atoms in total. The second-order valence-electron chi connectivity index (χ2n) is 15.9. The zero-order valence-electron chi connectivity index (χ0n) is 27.2. The van der Waals surface area contributed by atoms with Gasteiger partial charge in [0.15, 0.2) is 5.75 Å². The van der Waals surface area contributed by atoms with E-state index in [0.717, 1.165) is 47.9 Å². The predicted octanol–water partition coefficient (Wildman–Crippen LogP) is 9.58. The molecule has 1 fully saturated rings. The second-order valence-corrected chi connectivity index (χ2v) is 15.9. The van der Waals surface area contributed by atoms with Gasteiger partial charge in [0.05, 0.1) is 12.1 Å². The molecule has 1 aliphatic rings. The normalized spacial score (nSPS) is 19.6. The Balaban J connectivity index is 2.00. The lowest BCUT2D eigenvalue weighted by atomic mass is 9.79. The highest BCUT2D eigenvalue weighted by Crippen LogP contribution is 2.39. The zero-order chi connectivity index (χ0) is 30.3. The number of aliphatic imine (C=N–C) groups is 2. The van der Waals surface area contributed by atoms with Crippen molar-refractivity contribution in [2.24, 2.45) is 9.98 Å². The fourth-order valence-corrected chi connectivity index (χ4v) is 5.29. The molecule has 1 saturated carbocycles. The molecule has 3 rings (SSSR count). The SMILES string of the molecule is CC(C)(C)c1cc(C=NC2CCCCC2N=Cc2cc(C(C)(C)C)cc(C(C)(C)C)c2O)c([O])c(C(C)(C)C)c1. The quantitative estimate of drug-likeness (QED) is 0.382. The first-order chi connectivity index (χ1) is 18.2. The minimum absolute atomic E-state index is 0.0100. The van der Waals surface area contributed by atoms with Crippen molar-refractivity contribution in [2.45, 2.75) is 143 Å². The van der Waals surface area contributed by atoms with E-state index in [9.17, 15) is 10.2 Å². The lowest BCUT2D eigenvalue weighted by molar-refractivity contribution is 0.339. The molecule has 0 bridgehead atoms. The first-order valence-electron chi connectivity index (χ1n) is 15.0. The lowest BCUT2D eigenvalue weighted by Crippen LogP contribution is -2.27. The molecule has 0 amide bonds. The van der Waals surface area contributed by atoms with Gasteiger partial charge in [-0.3, -0.25) is 15.1 Å². The molecule has 0 aliphatic heterocycles. The molecule has 1 radical (unpaired) electrons. The highest BCUT2D eigenvalue weighted by atomic mass is 16.3. The highest BCUT2D eigenvalue weighted by Gasteiger charge is 2.28. The molecule has 4 heteroatoms. The van der Waals surface area contributed by atoms with E-state index in [1.165, 1.54) is 5.56 Å². The molecule has 2 aromatic rings. The van der Waals surface area contributed by atoms with Gasteiger partial charge < -0.3 is 5.11 Å². The van der Waals surface area contributed by atoms with Crippen LogP contribution in [0, 0.1) is 0 Å². The molecule has 1 aliphatic carbocycles. The molecule has 0 spiro atoms. The monoisotopic (exact) mass is 545 g/mol. The van der Waals surface area contributed by atoms with Crippen molar-refractivity contribution in [1.82, 2.24) is 0 Å². The van der Waals surface area contributed by atoms with E-state index in [-0.39, 0.29) is 39.5 Å². The zero-order valence-corrected chi connectivity index (χ0v) is 27.2. The topological polar surface area (TPSA) is 64.8 Å². The van der Waals surface area contributed by atoms with Gasteiger partial charge in [-0.2, -0.15) is 0 Å². The minimum atomic E-state index is -0.242. The number of hydrogen-bond donors (Lipinski definition) is 1. The predicted molar refractivity (Wildman–Crippen MR) is 171 cm³/mol. The Hall–Kier alpha value is -2.62. The third-order valence-electron chi connectivity index (χ3n) is 8.11. The molecule has 219 valence electrons. The molecule has 2 aromatic carbocycles. The summed E-state index contributed by atoms with van der Waals surface area (Å²) >= 11 is 0. The smallest absolute Gasteiger partial charge is 0.191 e. The fraction of sp³-hybridized carbons (Fsp3) is 0.611. The molecule has 0 saturated heterocycles. The van der Waals surface area contributed by atoms with Gasteiger partial charge in [0, 0.05) is 34.7 Å². The maximum atomic E-state index is 13.5. The van der Waals surface area contributed by atoms with Gasteiger partial charge in [0.25, 0.3) is 0 Å². The summed E-state index contributed by atoms with van der Waals surface area (Å²) in [6.45, 7) is 25.8. The van der Waals surface area contributed by atoms with Crippen molar-refractivity contribution in [3.8, 4) is 11.5 Å².